The number of nitro benzene ring substituents is 1. The molecule has 2 rings (SSSR count). The molecule has 2 aromatic rings. The lowest BCUT2D eigenvalue weighted by molar-refractivity contribution is -0.385. The second-order valence-corrected chi connectivity index (χ2v) is 5.10. The molecule has 0 aliphatic heterocycles. The van der Waals surface area contributed by atoms with Crippen LogP contribution in [0.1, 0.15) is 11.1 Å². The van der Waals surface area contributed by atoms with Gasteiger partial charge in [0, 0.05) is 17.7 Å². The van der Waals surface area contributed by atoms with Gasteiger partial charge in [-0.1, -0.05) is 24.3 Å². The van der Waals surface area contributed by atoms with Gasteiger partial charge in [-0.25, -0.2) is 4.39 Å². The minimum atomic E-state index is -6.18. The third-order valence-electron chi connectivity index (χ3n) is 3.55. The van der Waals surface area contributed by atoms with Crippen LogP contribution in [0.4, 0.5) is 32.0 Å². The zero-order valence-corrected chi connectivity index (χ0v) is 12.1. The highest BCUT2D eigenvalue weighted by molar-refractivity contribution is 5.45. The van der Waals surface area contributed by atoms with Crippen LogP contribution < -0.4 is 0 Å². The van der Waals surface area contributed by atoms with Crippen molar-refractivity contribution < 1.29 is 36.4 Å². The second-order valence-electron chi connectivity index (χ2n) is 5.10. The minimum Gasteiger partial charge on any atom is -0.374 e. The van der Waals surface area contributed by atoms with Crippen LogP contribution in [0.5, 0.6) is 0 Å². The van der Waals surface area contributed by atoms with E-state index in [1.165, 1.54) is 0 Å². The molecule has 0 saturated carbocycles. The molecule has 0 saturated heterocycles. The number of non-ortho nitro benzene ring substituents is 1. The Hall–Kier alpha value is -2.62. The van der Waals surface area contributed by atoms with Crippen molar-refractivity contribution >= 4 is 5.69 Å². The Morgan fingerprint density at radius 3 is 1.96 bits per heavy atom. The summed E-state index contributed by atoms with van der Waals surface area (Å²) in [7, 11) is 0. The molecule has 0 fully saturated rings. The molecule has 1 atom stereocenters. The van der Waals surface area contributed by atoms with Crippen molar-refractivity contribution in [2.45, 2.75) is 17.7 Å². The van der Waals surface area contributed by atoms with E-state index in [0.29, 0.717) is 36.4 Å². The lowest BCUT2D eigenvalue weighted by atomic mass is 9.80. The van der Waals surface area contributed by atoms with Gasteiger partial charge < -0.3 is 5.11 Å². The van der Waals surface area contributed by atoms with E-state index in [9.17, 15) is 41.6 Å². The first kappa shape index (κ1) is 18.7. The maximum Gasteiger partial charge on any atom is 0.457 e. The molecule has 10 heteroatoms. The van der Waals surface area contributed by atoms with Gasteiger partial charge >= 0.3 is 12.1 Å². The molecule has 0 spiro atoms. The van der Waals surface area contributed by atoms with Crippen molar-refractivity contribution in [1.82, 2.24) is 0 Å². The summed E-state index contributed by atoms with van der Waals surface area (Å²) in [5.41, 5.74) is -6.83. The van der Waals surface area contributed by atoms with Crippen LogP contribution in [-0.4, -0.2) is 22.1 Å². The molecule has 2 aromatic carbocycles. The van der Waals surface area contributed by atoms with Crippen LogP contribution in [0.15, 0.2) is 48.5 Å². The van der Waals surface area contributed by atoms with E-state index in [2.05, 4.69) is 0 Å². The van der Waals surface area contributed by atoms with E-state index in [-0.39, 0.29) is 0 Å². The molecule has 25 heavy (non-hydrogen) atoms. The largest absolute Gasteiger partial charge is 0.457 e. The van der Waals surface area contributed by atoms with Crippen LogP contribution in [0.25, 0.3) is 0 Å². The number of alkyl halides is 5. The Morgan fingerprint density at radius 2 is 1.48 bits per heavy atom. The first-order chi connectivity index (χ1) is 11.4. The number of halogens is 6. The molecule has 0 amide bonds. The van der Waals surface area contributed by atoms with Crippen molar-refractivity contribution in [2.24, 2.45) is 0 Å². The number of aliphatic hydroxyl groups is 1. The van der Waals surface area contributed by atoms with Crippen LogP contribution >= 0.6 is 0 Å². The van der Waals surface area contributed by atoms with Crippen LogP contribution in [0.2, 0.25) is 0 Å². The zero-order chi connectivity index (χ0) is 19.0. The summed E-state index contributed by atoms with van der Waals surface area (Å²) in [5.74, 6) is -6.65. The normalized spacial score (nSPS) is 14.8. The molecule has 0 radical (unpaired) electrons. The lowest BCUT2D eigenvalue weighted by Gasteiger charge is -2.37. The fourth-order valence-electron chi connectivity index (χ4n) is 2.27. The van der Waals surface area contributed by atoms with Crippen LogP contribution in [0.3, 0.4) is 0 Å². The predicted octanol–water partition coefficient (Wildman–Crippen LogP) is 4.17. The quantitative estimate of drug-likeness (QED) is 0.503. The summed E-state index contributed by atoms with van der Waals surface area (Å²) in [4.78, 5) is 9.76. The standard InChI is InChI=1S/C15H9F6NO3/c16-11-6-4-9(5-7-11)13(23,14(17,18)15(19,20)21)10-2-1-3-12(8-10)22(24)25/h1-8,23H. The fourth-order valence-corrected chi connectivity index (χ4v) is 2.27. The van der Waals surface area contributed by atoms with Crippen molar-refractivity contribution in [2.75, 3.05) is 0 Å². The highest BCUT2D eigenvalue weighted by Crippen LogP contribution is 2.52. The first-order valence-electron chi connectivity index (χ1n) is 6.59. The van der Waals surface area contributed by atoms with Gasteiger partial charge in [0.15, 0.2) is 5.60 Å². The molecule has 0 aliphatic rings. The number of rotatable bonds is 4. The molecule has 0 heterocycles. The molecule has 0 aromatic heterocycles. The maximum absolute atomic E-state index is 14.1. The van der Waals surface area contributed by atoms with E-state index in [0.717, 1.165) is 12.1 Å². The van der Waals surface area contributed by atoms with E-state index < -0.39 is 45.3 Å². The van der Waals surface area contributed by atoms with E-state index >= 15 is 0 Å². The molecule has 134 valence electrons. The fraction of sp³-hybridized carbons (Fsp3) is 0.200. The van der Waals surface area contributed by atoms with Gasteiger partial charge in [0.2, 0.25) is 0 Å². The van der Waals surface area contributed by atoms with E-state index in [1.54, 1.807) is 0 Å². The van der Waals surface area contributed by atoms with Crippen molar-refractivity contribution in [3.05, 3.63) is 75.6 Å². The average Bonchev–Trinajstić information content (AvgIpc) is 2.53. The summed E-state index contributed by atoms with van der Waals surface area (Å²) in [6.07, 6.45) is -6.18. The molecule has 4 nitrogen and oxygen atoms in total. The van der Waals surface area contributed by atoms with Crippen molar-refractivity contribution in [3.8, 4) is 0 Å². The Kier molecular flexibility index (Phi) is 4.51. The summed E-state index contributed by atoms with van der Waals surface area (Å²) in [5, 5.41) is 21.2. The number of hydrogen-bond acceptors (Lipinski definition) is 3. The first-order valence-corrected chi connectivity index (χ1v) is 6.59. The highest BCUT2D eigenvalue weighted by atomic mass is 19.4. The van der Waals surface area contributed by atoms with Gasteiger partial charge in [-0.2, -0.15) is 22.0 Å². The second kappa shape index (κ2) is 6.03. The lowest BCUT2D eigenvalue weighted by Crippen LogP contribution is -2.55. The van der Waals surface area contributed by atoms with Gasteiger partial charge in [0.05, 0.1) is 4.92 Å². The van der Waals surface area contributed by atoms with Gasteiger partial charge in [-0.05, 0) is 17.7 Å². The number of benzene rings is 2. The molecule has 1 unspecified atom stereocenters. The molecule has 1 N–H and O–H groups in total. The summed E-state index contributed by atoms with van der Waals surface area (Å²) in [6.45, 7) is 0. The summed E-state index contributed by atoms with van der Waals surface area (Å²) in [6, 6.07) is 5.09. The molecule has 0 aliphatic carbocycles. The summed E-state index contributed by atoms with van der Waals surface area (Å²) >= 11 is 0. The number of nitro groups is 1. The Labute approximate surface area is 136 Å². The third kappa shape index (κ3) is 3.04. The predicted molar refractivity (Wildman–Crippen MR) is 73.5 cm³/mol. The Bertz CT molecular complexity index is 791. The molecular formula is C15H9F6NO3. The van der Waals surface area contributed by atoms with Gasteiger partial charge in [-0.3, -0.25) is 10.1 Å². The Balaban J connectivity index is 2.79. The monoisotopic (exact) mass is 365 g/mol. The highest BCUT2D eigenvalue weighted by Gasteiger charge is 2.71. The average molecular weight is 365 g/mol. The maximum atomic E-state index is 14.1. The van der Waals surface area contributed by atoms with Crippen LogP contribution in [-0.2, 0) is 5.60 Å². The number of nitrogens with zero attached hydrogens (tertiary/aromatic N) is 1. The zero-order valence-electron chi connectivity index (χ0n) is 12.1. The smallest absolute Gasteiger partial charge is 0.374 e. The third-order valence-corrected chi connectivity index (χ3v) is 3.55. The van der Waals surface area contributed by atoms with Crippen molar-refractivity contribution in [3.63, 3.8) is 0 Å². The van der Waals surface area contributed by atoms with Gasteiger partial charge in [-0.15, -0.1) is 0 Å². The van der Waals surface area contributed by atoms with Gasteiger partial charge in [0.25, 0.3) is 5.69 Å². The van der Waals surface area contributed by atoms with E-state index in [4.69, 9.17) is 0 Å². The van der Waals surface area contributed by atoms with E-state index in [1.807, 2.05) is 0 Å². The topological polar surface area (TPSA) is 63.4 Å². The summed E-state index contributed by atoms with van der Waals surface area (Å²) < 4.78 is 80.0. The SMILES string of the molecule is O=[N+]([O-])c1cccc(C(O)(c2ccc(F)cc2)C(F)(F)C(F)(F)F)c1. The number of hydrogen-bond donors (Lipinski definition) is 1. The molecular weight excluding hydrogens is 356 g/mol. The van der Waals surface area contributed by atoms with Crippen molar-refractivity contribution in [1.29, 1.82) is 0 Å². The minimum absolute atomic E-state index is 0.406. The Morgan fingerprint density at radius 1 is 0.920 bits per heavy atom. The van der Waals surface area contributed by atoms with Gasteiger partial charge in [0.1, 0.15) is 5.82 Å². The van der Waals surface area contributed by atoms with Crippen LogP contribution in [0, 0.1) is 15.9 Å². The molecule has 0 bridgehead atoms.